The van der Waals surface area contributed by atoms with Gasteiger partial charge in [-0.1, -0.05) is 10.4 Å². The van der Waals surface area contributed by atoms with Gasteiger partial charge in [0.05, 0.1) is 30.3 Å². The van der Waals surface area contributed by atoms with Crippen molar-refractivity contribution in [3.8, 4) is 5.69 Å². The van der Waals surface area contributed by atoms with E-state index in [1.54, 1.807) is 37.1 Å². The number of aromatic nitrogens is 5. The number of pyridine rings is 1. The van der Waals surface area contributed by atoms with Crippen LogP contribution in [-0.2, 0) is 6.54 Å². The van der Waals surface area contributed by atoms with Gasteiger partial charge in [0, 0.05) is 6.20 Å². The van der Waals surface area contributed by atoms with Gasteiger partial charge < -0.3 is 9.84 Å². The maximum absolute atomic E-state index is 12.1. The van der Waals surface area contributed by atoms with Crippen molar-refractivity contribution < 1.29 is 9.32 Å². The molecule has 0 spiro atoms. The average Bonchev–Trinajstić information content (AvgIpc) is 3.13. The predicted octanol–water partition coefficient (Wildman–Crippen LogP) is 1.20. The zero-order chi connectivity index (χ0) is 15.5. The van der Waals surface area contributed by atoms with Crippen molar-refractivity contribution in [2.45, 2.75) is 20.4 Å². The minimum atomic E-state index is -0.243. The molecule has 0 aromatic carbocycles. The maximum Gasteiger partial charge on any atom is 0.257 e. The highest BCUT2D eigenvalue weighted by Gasteiger charge is 2.17. The number of nitrogens with one attached hydrogen (secondary N) is 1. The van der Waals surface area contributed by atoms with Crippen molar-refractivity contribution in [1.29, 1.82) is 0 Å². The molecule has 0 aliphatic carbocycles. The SMILES string of the molecule is Cc1noc(C)c1C(=O)NCc1cn(-c2cccnc2)nn1. The molecular weight excluding hydrogens is 284 g/mol. The first-order valence-electron chi connectivity index (χ1n) is 6.68. The second-order valence-electron chi connectivity index (χ2n) is 4.75. The van der Waals surface area contributed by atoms with Crippen molar-refractivity contribution in [1.82, 2.24) is 30.5 Å². The van der Waals surface area contributed by atoms with E-state index in [1.807, 2.05) is 12.1 Å². The third-order valence-corrected chi connectivity index (χ3v) is 3.14. The molecule has 0 saturated carbocycles. The summed E-state index contributed by atoms with van der Waals surface area (Å²) in [6.07, 6.45) is 5.11. The van der Waals surface area contributed by atoms with Crippen LogP contribution < -0.4 is 5.32 Å². The summed E-state index contributed by atoms with van der Waals surface area (Å²) in [5.41, 5.74) is 2.47. The molecule has 0 saturated heterocycles. The van der Waals surface area contributed by atoms with E-state index < -0.39 is 0 Å². The van der Waals surface area contributed by atoms with Crippen LogP contribution in [0, 0.1) is 13.8 Å². The van der Waals surface area contributed by atoms with Crippen molar-refractivity contribution in [2.75, 3.05) is 0 Å². The highest BCUT2D eigenvalue weighted by Crippen LogP contribution is 2.12. The van der Waals surface area contributed by atoms with Crippen LogP contribution in [-0.4, -0.2) is 31.0 Å². The fraction of sp³-hybridized carbons (Fsp3) is 0.214. The van der Waals surface area contributed by atoms with Crippen LogP contribution in [0.25, 0.3) is 5.69 Å². The van der Waals surface area contributed by atoms with Crippen LogP contribution >= 0.6 is 0 Å². The summed E-state index contributed by atoms with van der Waals surface area (Å²) in [7, 11) is 0. The number of carbonyl (C=O) groups is 1. The lowest BCUT2D eigenvalue weighted by Gasteiger charge is -2.01. The van der Waals surface area contributed by atoms with E-state index in [4.69, 9.17) is 4.52 Å². The van der Waals surface area contributed by atoms with Gasteiger partial charge in [-0.3, -0.25) is 9.78 Å². The van der Waals surface area contributed by atoms with Crippen LogP contribution in [0.2, 0.25) is 0 Å². The summed E-state index contributed by atoms with van der Waals surface area (Å²) in [6, 6.07) is 3.68. The largest absolute Gasteiger partial charge is 0.361 e. The Morgan fingerprint density at radius 2 is 2.27 bits per heavy atom. The topological polar surface area (TPSA) is 98.7 Å². The van der Waals surface area contributed by atoms with E-state index in [9.17, 15) is 4.79 Å². The molecule has 1 amide bonds. The molecule has 0 aliphatic heterocycles. The summed E-state index contributed by atoms with van der Waals surface area (Å²) in [5.74, 6) is 0.251. The van der Waals surface area contributed by atoms with Crippen LogP contribution in [0.1, 0.15) is 27.5 Å². The summed E-state index contributed by atoms with van der Waals surface area (Å²) < 4.78 is 6.58. The van der Waals surface area contributed by atoms with Crippen molar-refractivity contribution in [2.24, 2.45) is 0 Å². The third-order valence-electron chi connectivity index (χ3n) is 3.14. The second kappa shape index (κ2) is 5.76. The van der Waals surface area contributed by atoms with Gasteiger partial charge in [0.25, 0.3) is 5.91 Å². The molecule has 3 aromatic heterocycles. The lowest BCUT2D eigenvalue weighted by atomic mass is 10.2. The van der Waals surface area contributed by atoms with Crippen molar-refractivity contribution in [3.63, 3.8) is 0 Å². The van der Waals surface area contributed by atoms with Crippen LogP contribution in [0.4, 0.5) is 0 Å². The predicted molar refractivity (Wildman–Crippen MR) is 76.3 cm³/mol. The van der Waals surface area contributed by atoms with Crippen LogP contribution in [0.3, 0.4) is 0 Å². The Hall–Kier alpha value is -3.03. The molecular formula is C14H14N6O2. The molecule has 3 rings (SSSR count). The van der Waals surface area contributed by atoms with E-state index in [1.165, 1.54) is 0 Å². The number of nitrogens with zero attached hydrogens (tertiary/aromatic N) is 5. The molecule has 8 heteroatoms. The van der Waals surface area contributed by atoms with Crippen molar-refractivity contribution >= 4 is 5.91 Å². The molecule has 0 bridgehead atoms. The van der Waals surface area contributed by atoms with Gasteiger partial charge in [0.1, 0.15) is 17.0 Å². The Morgan fingerprint density at radius 1 is 1.41 bits per heavy atom. The van der Waals surface area contributed by atoms with E-state index in [2.05, 4.69) is 25.8 Å². The number of amides is 1. The monoisotopic (exact) mass is 298 g/mol. The van der Waals surface area contributed by atoms with Crippen LogP contribution in [0.5, 0.6) is 0 Å². The number of hydrogen-bond donors (Lipinski definition) is 1. The first-order valence-corrected chi connectivity index (χ1v) is 6.68. The van der Waals surface area contributed by atoms with Gasteiger partial charge >= 0.3 is 0 Å². The molecule has 3 heterocycles. The number of carbonyl (C=O) groups excluding carboxylic acids is 1. The number of aryl methyl sites for hydroxylation is 2. The quantitative estimate of drug-likeness (QED) is 0.777. The van der Waals surface area contributed by atoms with Gasteiger partial charge in [-0.05, 0) is 26.0 Å². The Labute approximate surface area is 126 Å². The standard InChI is InChI=1S/C14H14N6O2/c1-9-13(10(2)22-18-9)14(21)16-6-11-8-20(19-17-11)12-4-3-5-15-7-12/h3-5,7-8H,6H2,1-2H3,(H,16,21). The number of hydrogen-bond acceptors (Lipinski definition) is 6. The molecule has 0 aliphatic rings. The molecule has 112 valence electrons. The Bertz CT molecular complexity index is 773. The normalized spacial score (nSPS) is 10.6. The molecule has 3 aromatic rings. The minimum absolute atomic E-state index is 0.243. The van der Waals surface area contributed by atoms with E-state index in [-0.39, 0.29) is 12.5 Å². The summed E-state index contributed by atoms with van der Waals surface area (Å²) in [6.45, 7) is 3.70. The fourth-order valence-corrected chi connectivity index (χ4v) is 2.06. The first kappa shape index (κ1) is 13.9. The molecule has 0 unspecified atom stereocenters. The Morgan fingerprint density at radius 3 is 2.95 bits per heavy atom. The lowest BCUT2D eigenvalue weighted by Crippen LogP contribution is -2.24. The fourth-order valence-electron chi connectivity index (χ4n) is 2.06. The van der Waals surface area contributed by atoms with E-state index >= 15 is 0 Å². The van der Waals surface area contributed by atoms with Gasteiger partial charge in [0.15, 0.2) is 0 Å². The first-order chi connectivity index (χ1) is 10.6. The highest BCUT2D eigenvalue weighted by molar-refractivity contribution is 5.95. The molecule has 1 N–H and O–H groups in total. The smallest absolute Gasteiger partial charge is 0.257 e. The van der Waals surface area contributed by atoms with Crippen LogP contribution in [0.15, 0.2) is 35.2 Å². The zero-order valence-corrected chi connectivity index (χ0v) is 12.1. The average molecular weight is 298 g/mol. The molecule has 0 fully saturated rings. The molecule has 8 nitrogen and oxygen atoms in total. The molecule has 0 radical (unpaired) electrons. The lowest BCUT2D eigenvalue weighted by molar-refractivity contribution is 0.0948. The Balaban J connectivity index is 1.68. The van der Waals surface area contributed by atoms with E-state index in [0.717, 1.165) is 5.69 Å². The maximum atomic E-state index is 12.1. The Kier molecular flexibility index (Phi) is 3.65. The zero-order valence-electron chi connectivity index (χ0n) is 12.1. The molecule has 22 heavy (non-hydrogen) atoms. The summed E-state index contributed by atoms with van der Waals surface area (Å²) in [5, 5.41) is 14.6. The van der Waals surface area contributed by atoms with Crippen molar-refractivity contribution in [3.05, 3.63) is 53.4 Å². The second-order valence-corrected chi connectivity index (χ2v) is 4.75. The van der Waals surface area contributed by atoms with Gasteiger partial charge in [0.2, 0.25) is 0 Å². The van der Waals surface area contributed by atoms with Gasteiger partial charge in [-0.15, -0.1) is 5.10 Å². The van der Waals surface area contributed by atoms with Gasteiger partial charge in [-0.25, -0.2) is 4.68 Å². The third kappa shape index (κ3) is 2.71. The summed E-state index contributed by atoms with van der Waals surface area (Å²) >= 11 is 0. The molecule has 0 atom stereocenters. The van der Waals surface area contributed by atoms with Gasteiger partial charge in [-0.2, -0.15) is 0 Å². The minimum Gasteiger partial charge on any atom is -0.361 e. The van der Waals surface area contributed by atoms with E-state index in [0.29, 0.717) is 22.7 Å². The summed E-state index contributed by atoms with van der Waals surface area (Å²) in [4.78, 5) is 16.1. The highest BCUT2D eigenvalue weighted by atomic mass is 16.5. The number of rotatable bonds is 4.